The molecular formula is C8H14N6O2. The van der Waals surface area contributed by atoms with Gasteiger partial charge in [-0.15, -0.1) is 0 Å². The maximum Gasteiger partial charge on any atom is 0.248 e. The van der Waals surface area contributed by atoms with Crippen molar-refractivity contribution in [3.8, 4) is 0 Å². The third-order valence-corrected chi connectivity index (χ3v) is 1.80. The third kappa shape index (κ3) is 3.24. The minimum atomic E-state index is -1.27. The number of nitrogens with one attached hydrogen (secondary N) is 2. The van der Waals surface area contributed by atoms with Crippen LogP contribution in [0.5, 0.6) is 0 Å². The van der Waals surface area contributed by atoms with Crippen molar-refractivity contribution in [3.05, 3.63) is 6.07 Å². The zero-order valence-electron chi connectivity index (χ0n) is 8.77. The van der Waals surface area contributed by atoms with Gasteiger partial charge in [-0.2, -0.15) is 9.97 Å². The van der Waals surface area contributed by atoms with Gasteiger partial charge in [0.2, 0.25) is 11.9 Å². The molecule has 0 aromatic carbocycles. The van der Waals surface area contributed by atoms with Gasteiger partial charge >= 0.3 is 0 Å². The molecule has 1 rings (SSSR count). The van der Waals surface area contributed by atoms with Crippen LogP contribution in [0.4, 0.5) is 17.6 Å². The largest absolute Gasteiger partial charge is 0.381 e. The van der Waals surface area contributed by atoms with Crippen molar-refractivity contribution >= 4 is 23.5 Å². The second-order valence-corrected chi connectivity index (χ2v) is 3.05. The summed E-state index contributed by atoms with van der Waals surface area (Å²) in [6.07, 6.45) is -1.27. The van der Waals surface area contributed by atoms with E-state index in [2.05, 4.69) is 20.6 Å². The van der Waals surface area contributed by atoms with E-state index in [4.69, 9.17) is 16.6 Å². The Hall–Kier alpha value is -2.09. The Balaban J connectivity index is 2.66. The second-order valence-electron chi connectivity index (χ2n) is 3.05. The second kappa shape index (κ2) is 5.12. The van der Waals surface area contributed by atoms with E-state index in [1.807, 2.05) is 0 Å². The summed E-state index contributed by atoms with van der Waals surface area (Å²) in [7, 11) is 1.68. The number of carbonyl (C=O) groups excluding carboxylic acids is 1. The predicted molar refractivity (Wildman–Crippen MR) is 59.7 cm³/mol. The third-order valence-electron chi connectivity index (χ3n) is 1.80. The first-order chi connectivity index (χ1) is 7.52. The average Bonchev–Trinajstić information content (AvgIpc) is 2.24. The van der Waals surface area contributed by atoms with Crippen LogP contribution in [0.2, 0.25) is 0 Å². The topological polar surface area (TPSA) is 139 Å². The molecule has 0 radical (unpaired) electrons. The van der Waals surface area contributed by atoms with Gasteiger partial charge in [-0.3, -0.25) is 4.79 Å². The van der Waals surface area contributed by atoms with Crippen molar-refractivity contribution in [1.29, 1.82) is 0 Å². The van der Waals surface area contributed by atoms with Gasteiger partial charge in [-0.05, 0) is 0 Å². The number of nitrogens with two attached hydrogens (primary N) is 2. The number of hydrogen-bond donors (Lipinski definition) is 5. The van der Waals surface area contributed by atoms with E-state index in [0.717, 1.165) is 0 Å². The molecule has 0 bridgehead atoms. The summed E-state index contributed by atoms with van der Waals surface area (Å²) in [6.45, 7) is -0.0328. The first kappa shape index (κ1) is 12.0. The lowest BCUT2D eigenvalue weighted by atomic mass is 10.3. The van der Waals surface area contributed by atoms with E-state index in [-0.39, 0.29) is 12.5 Å². The molecule has 0 spiro atoms. The number of nitrogens with zero attached hydrogens (tertiary/aromatic N) is 2. The first-order valence-corrected chi connectivity index (χ1v) is 4.56. The summed E-state index contributed by atoms with van der Waals surface area (Å²) in [6, 6.07) is 1.59. The number of rotatable bonds is 5. The van der Waals surface area contributed by atoms with E-state index in [0.29, 0.717) is 11.6 Å². The van der Waals surface area contributed by atoms with Crippen LogP contribution >= 0.6 is 0 Å². The Kier molecular flexibility index (Phi) is 3.84. The number of hydrogen-bond acceptors (Lipinski definition) is 7. The van der Waals surface area contributed by atoms with Crippen LogP contribution in [0.3, 0.4) is 0 Å². The van der Waals surface area contributed by atoms with Crippen molar-refractivity contribution in [2.75, 3.05) is 30.0 Å². The van der Waals surface area contributed by atoms with Gasteiger partial charge in [0, 0.05) is 13.1 Å². The first-order valence-electron chi connectivity index (χ1n) is 4.56. The minimum absolute atomic E-state index is 0.0328. The highest BCUT2D eigenvalue weighted by molar-refractivity contribution is 5.79. The molecule has 0 aliphatic heterocycles. The maximum atomic E-state index is 10.6. The van der Waals surface area contributed by atoms with E-state index < -0.39 is 12.0 Å². The molecule has 88 valence electrons. The van der Waals surface area contributed by atoms with Gasteiger partial charge < -0.3 is 27.2 Å². The number of primary amides is 1. The smallest absolute Gasteiger partial charge is 0.248 e. The van der Waals surface area contributed by atoms with Crippen LogP contribution in [0.25, 0.3) is 0 Å². The van der Waals surface area contributed by atoms with Gasteiger partial charge in [0.25, 0.3) is 0 Å². The summed E-state index contributed by atoms with van der Waals surface area (Å²) < 4.78 is 0. The van der Waals surface area contributed by atoms with Crippen LogP contribution in [0.1, 0.15) is 0 Å². The van der Waals surface area contributed by atoms with E-state index in [1.54, 1.807) is 13.1 Å². The minimum Gasteiger partial charge on any atom is -0.381 e. The summed E-state index contributed by atoms with van der Waals surface area (Å²) >= 11 is 0. The zero-order chi connectivity index (χ0) is 12.1. The van der Waals surface area contributed by atoms with Gasteiger partial charge in [0.15, 0.2) is 0 Å². The van der Waals surface area contributed by atoms with Crippen molar-refractivity contribution in [2.45, 2.75) is 6.10 Å². The predicted octanol–water partition coefficient (Wildman–Crippen LogP) is -1.64. The molecule has 0 aliphatic rings. The molecule has 0 saturated heterocycles. The van der Waals surface area contributed by atoms with E-state index in [1.165, 1.54) is 0 Å². The molecule has 0 saturated carbocycles. The fourth-order valence-corrected chi connectivity index (χ4v) is 0.986. The highest BCUT2D eigenvalue weighted by atomic mass is 16.3. The Morgan fingerprint density at radius 3 is 2.75 bits per heavy atom. The Morgan fingerprint density at radius 1 is 1.56 bits per heavy atom. The number of nitrogen functional groups attached to an aromatic ring is 1. The molecule has 16 heavy (non-hydrogen) atoms. The summed E-state index contributed by atoms with van der Waals surface area (Å²) in [5, 5.41) is 14.7. The molecule has 7 N–H and O–H groups in total. The van der Waals surface area contributed by atoms with Gasteiger partial charge in [0.05, 0.1) is 6.54 Å². The molecular weight excluding hydrogens is 212 g/mol. The highest BCUT2D eigenvalue weighted by Gasteiger charge is 2.10. The standard InChI is InChI=1S/C8H14N6O2/c1-11-5-2-6(14-8(10)13-5)12-3-4(15)7(9)16/h2,4,15H,3H2,1H3,(H2,9,16)(H4,10,11,12,13,14). The van der Waals surface area contributed by atoms with Gasteiger partial charge in [-0.1, -0.05) is 0 Å². The molecule has 1 aromatic heterocycles. The van der Waals surface area contributed by atoms with E-state index >= 15 is 0 Å². The zero-order valence-corrected chi connectivity index (χ0v) is 8.77. The highest BCUT2D eigenvalue weighted by Crippen LogP contribution is 2.11. The Bertz CT molecular complexity index is 383. The van der Waals surface area contributed by atoms with Crippen molar-refractivity contribution in [2.24, 2.45) is 5.73 Å². The molecule has 8 nitrogen and oxygen atoms in total. The number of amides is 1. The molecule has 1 atom stereocenters. The lowest BCUT2D eigenvalue weighted by Gasteiger charge is -2.10. The number of aliphatic hydroxyl groups is 1. The monoisotopic (exact) mass is 226 g/mol. The molecule has 0 fully saturated rings. The Labute approximate surface area is 92.1 Å². The number of aromatic nitrogens is 2. The van der Waals surface area contributed by atoms with Crippen LogP contribution < -0.4 is 22.1 Å². The maximum absolute atomic E-state index is 10.6. The van der Waals surface area contributed by atoms with Gasteiger partial charge in [0.1, 0.15) is 17.7 Å². The number of carbonyl (C=O) groups is 1. The van der Waals surface area contributed by atoms with Crippen LogP contribution in [0.15, 0.2) is 6.07 Å². The van der Waals surface area contributed by atoms with Crippen LogP contribution in [-0.2, 0) is 4.79 Å². The summed E-state index contributed by atoms with van der Waals surface area (Å²) in [4.78, 5) is 18.3. The molecule has 0 aliphatic carbocycles. The number of aliphatic hydroxyl groups excluding tert-OH is 1. The fourth-order valence-electron chi connectivity index (χ4n) is 0.986. The summed E-state index contributed by atoms with van der Waals surface area (Å²) in [5.41, 5.74) is 10.3. The van der Waals surface area contributed by atoms with Gasteiger partial charge in [-0.25, -0.2) is 0 Å². The molecule has 1 aromatic rings. The SMILES string of the molecule is CNc1cc(NCC(O)C(N)=O)nc(N)n1. The van der Waals surface area contributed by atoms with Crippen molar-refractivity contribution in [1.82, 2.24) is 9.97 Å². The number of anilines is 3. The lowest BCUT2D eigenvalue weighted by molar-refractivity contribution is -0.125. The molecule has 1 heterocycles. The molecule has 1 unspecified atom stereocenters. The van der Waals surface area contributed by atoms with Crippen molar-refractivity contribution in [3.63, 3.8) is 0 Å². The van der Waals surface area contributed by atoms with E-state index in [9.17, 15) is 4.79 Å². The van der Waals surface area contributed by atoms with Crippen molar-refractivity contribution < 1.29 is 9.90 Å². The lowest BCUT2D eigenvalue weighted by Crippen LogP contribution is -2.34. The molecule has 8 heteroatoms. The molecule has 1 amide bonds. The Morgan fingerprint density at radius 2 is 2.19 bits per heavy atom. The quantitative estimate of drug-likeness (QED) is 0.405. The average molecular weight is 226 g/mol. The van der Waals surface area contributed by atoms with Crippen LogP contribution in [-0.4, -0.2) is 40.7 Å². The fraction of sp³-hybridized carbons (Fsp3) is 0.375. The normalized spacial score (nSPS) is 11.9. The van der Waals surface area contributed by atoms with Crippen LogP contribution in [0, 0.1) is 0 Å². The summed E-state index contributed by atoms with van der Waals surface area (Å²) in [5.74, 6) is 0.215.